The predicted octanol–water partition coefficient (Wildman–Crippen LogP) is 1.55. The van der Waals surface area contributed by atoms with Gasteiger partial charge in [-0.1, -0.05) is 12.1 Å². The van der Waals surface area contributed by atoms with Crippen LogP contribution >= 0.6 is 0 Å². The summed E-state index contributed by atoms with van der Waals surface area (Å²) in [6.07, 6.45) is 0.340. The Morgan fingerprint density at radius 1 is 0.909 bits per heavy atom. The summed E-state index contributed by atoms with van der Waals surface area (Å²) in [6.45, 7) is 0. The van der Waals surface area contributed by atoms with Gasteiger partial charge < -0.3 is 20.4 Å². The number of ketones is 1. The van der Waals surface area contributed by atoms with Crippen LogP contribution < -0.4 is 0 Å². The number of aldehydes is 1. The minimum atomic E-state index is -1.40. The van der Waals surface area contributed by atoms with Crippen molar-refractivity contribution < 1.29 is 34.8 Å². The van der Waals surface area contributed by atoms with Crippen molar-refractivity contribution in [1.82, 2.24) is 0 Å². The second-order valence-corrected chi connectivity index (χ2v) is 4.38. The lowest BCUT2D eigenvalue weighted by Crippen LogP contribution is -2.07. The summed E-state index contributed by atoms with van der Waals surface area (Å²) >= 11 is 0. The maximum Gasteiger partial charge on any atom is 0.335 e. The maximum absolute atomic E-state index is 12.4. The fourth-order valence-corrected chi connectivity index (χ4v) is 2.00. The van der Waals surface area contributed by atoms with Gasteiger partial charge in [-0.15, -0.1) is 0 Å². The van der Waals surface area contributed by atoms with Crippen molar-refractivity contribution >= 4 is 18.0 Å². The Kier molecular flexibility index (Phi) is 3.81. The van der Waals surface area contributed by atoms with Crippen LogP contribution in [-0.4, -0.2) is 38.5 Å². The van der Waals surface area contributed by atoms with Gasteiger partial charge in [-0.25, -0.2) is 4.79 Å². The van der Waals surface area contributed by atoms with Crippen molar-refractivity contribution in [2.45, 2.75) is 0 Å². The first-order chi connectivity index (χ1) is 10.4. The van der Waals surface area contributed by atoms with Gasteiger partial charge in [-0.05, 0) is 18.2 Å². The monoisotopic (exact) mass is 302 g/mol. The van der Waals surface area contributed by atoms with Crippen LogP contribution in [0.3, 0.4) is 0 Å². The Bertz CT molecular complexity index is 769. The van der Waals surface area contributed by atoms with Crippen LogP contribution in [-0.2, 0) is 0 Å². The Labute approximate surface area is 123 Å². The molecule has 0 heterocycles. The highest BCUT2D eigenvalue weighted by Gasteiger charge is 2.25. The lowest BCUT2D eigenvalue weighted by Gasteiger charge is -2.10. The molecular weight excluding hydrogens is 292 g/mol. The number of carbonyl (C=O) groups excluding carboxylic acids is 2. The van der Waals surface area contributed by atoms with E-state index in [4.69, 9.17) is 5.11 Å². The van der Waals surface area contributed by atoms with E-state index >= 15 is 0 Å². The molecule has 0 spiro atoms. The molecule has 0 aliphatic rings. The molecule has 7 nitrogen and oxygen atoms in total. The Morgan fingerprint density at radius 3 is 2.00 bits per heavy atom. The summed E-state index contributed by atoms with van der Waals surface area (Å²) in [6, 6.07) is 5.37. The molecule has 112 valence electrons. The van der Waals surface area contributed by atoms with Crippen LogP contribution in [0.1, 0.15) is 36.6 Å². The summed E-state index contributed by atoms with van der Waals surface area (Å²) in [4.78, 5) is 34.2. The van der Waals surface area contributed by atoms with E-state index in [1.807, 2.05) is 0 Å². The van der Waals surface area contributed by atoms with Crippen LogP contribution in [0.15, 0.2) is 30.3 Å². The number of phenolic OH excluding ortho intramolecular Hbond substituents is 3. The number of phenols is 3. The summed E-state index contributed by atoms with van der Waals surface area (Å²) < 4.78 is 0. The van der Waals surface area contributed by atoms with E-state index in [0.29, 0.717) is 6.29 Å². The molecule has 0 aliphatic heterocycles. The van der Waals surface area contributed by atoms with Crippen LogP contribution in [0.2, 0.25) is 0 Å². The van der Waals surface area contributed by atoms with E-state index in [9.17, 15) is 29.7 Å². The molecule has 0 aliphatic carbocycles. The predicted molar refractivity (Wildman–Crippen MR) is 73.7 cm³/mol. The second-order valence-electron chi connectivity index (χ2n) is 4.38. The molecule has 0 fully saturated rings. The minimum absolute atomic E-state index is 0.133. The number of carboxylic acid groups (broad SMARTS) is 1. The number of carbonyl (C=O) groups is 3. The number of hydrogen-bond acceptors (Lipinski definition) is 6. The van der Waals surface area contributed by atoms with Gasteiger partial charge in [0.25, 0.3) is 0 Å². The smallest absolute Gasteiger partial charge is 0.335 e. The third-order valence-electron chi connectivity index (χ3n) is 3.00. The van der Waals surface area contributed by atoms with Crippen molar-refractivity contribution in [3.63, 3.8) is 0 Å². The molecule has 0 bridgehead atoms. The SMILES string of the molecule is O=Cc1cccc(O)c1C(=O)c1c(O)cc(C(=O)O)cc1O. The molecule has 4 N–H and O–H groups in total. The number of rotatable bonds is 4. The lowest BCUT2D eigenvalue weighted by atomic mass is 9.95. The first kappa shape index (κ1) is 15.0. The van der Waals surface area contributed by atoms with Gasteiger partial charge in [0.05, 0.1) is 11.1 Å². The van der Waals surface area contributed by atoms with Gasteiger partial charge in [-0.3, -0.25) is 9.59 Å². The standard InChI is InChI=1S/C15H10O7/c16-6-7-2-1-3-9(17)12(7)14(20)13-10(18)4-8(15(21)22)5-11(13)19/h1-6,17-19H,(H,21,22). The molecule has 0 aromatic heterocycles. The van der Waals surface area contributed by atoms with Crippen molar-refractivity contribution in [2.75, 3.05) is 0 Å². The van der Waals surface area contributed by atoms with E-state index < -0.39 is 45.7 Å². The zero-order valence-corrected chi connectivity index (χ0v) is 11.0. The molecule has 0 amide bonds. The number of hydrogen-bond donors (Lipinski definition) is 4. The maximum atomic E-state index is 12.4. The quantitative estimate of drug-likeness (QED) is 0.497. The third-order valence-corrected chi connectivity index (χ3v) is 3.00. The molecule has 2 rings (SSSR count). The summed E-state index contributed by atoms with van der Waals surface area (Å²) in [7, 11) is 0. The molecule has 0 unspecified atom stereocenters. The molecule has 7 heteroatoms. The van der Waals surface area contributed by atoms with Crippen molar-refractivity contribution in [3.8, 4) is 17.2 Å². The molecular formula is C15H10O7. The summed E-state index contributed by atoms with van der Waals surface area (Å²) in [5, 5.41) is 38.1. The van der Waals surface area contributed by atoms with Gasteiger partial charge in [-0.2, -0.15) is 0 Å². The highest BCUT2D eigenvalue weighted by Crippen LogP contribution is 2.34. The Hall–Kier alpha value is -3.35. The van der Waals surface area contributed by atoms with Gasteiger partial charge >= 0.3 is 5.97 Å². The number of aromatic carboxylic acids is 1. The third kappa shape index (κ3) is 2.47. The molecule has 2 aromatic rings. The first-order valence-electron chi connectivity index (χ1n) is 5.98. The Balaban J connectivity index is 2.66. The van der Waals surface area contributed by atoms with Crippen LogP contribution in [0.4, 0.5) is 0 Å². The van der Waals surface area contributed by atoms with E-state index in [1.165, 1.54) is 18.2 Å². The van der Waals surface area contributed by atoms with E-state index in [1.54, 1.807) is 0 Å². The van der Waals surface area contributed by atoms with Crippen LogP contribution in [0, 0.1) is 0 Å². The molecule has 0 radical (unpaired) electrons. The minimum Gasteiger partial charge on any atom is -0.507 e. The fraction of sp³-hybridized carbons (Fsp3) is 0. The molecule has 0 saturated carbocycles. The van der Waals surface area contributed by atoms with Gasteiger partial charge in [0.1, 0.15) is 22.8 Å². The molecule has 0 saturated heterocycles. The highest BCUT2D eigenvalue weighted by atomic mass is 16.4. The van der Waals surface area contributed by atoms with Crippen LogP contribution in [0.25, 0.3) is 0 Å². The second kappa shape index (κ2) is 5.57. The van der Waals surface area contributed by atoms with Crippen molar-refractivity contribution in [2.24, 2.45) is 0 Å². The molecule has 0 atom stereocenters. The van der Waals surface area contributed by atoms with Gasteiger partial charge in [0, 0.05) is 5.56 Å². The van der Waals surface area contributed by atoms with E-state index in [0.717, 1.165) is 12.1 Å². The zero-order chi connectivity index (χ0) is 16.4. The Morgan fingerprint density at radius 2 is 1.50 bits per heavy atom. The number of carboxylic acids is 1. The fourth-order valence-electron chi connectivity index (χ4n) is 2.00. The summed E-state index contributed by atoms with van der Waals surface area (Å²) in [5.74, 6) is -4.46. The van der Waals surface area contributed by atoms with Crippen molar-refractivity contribution in [1.29, 1.82) is 0 Å². The average molecular weight is 302 g/mol. The van der Waals surface area contributed by atoms with E-state index in [-0.39, 0.29) is 5.56 Å². The average Bonchev–Trinajstić information content (AvgIpc) is 2.45. The largest absolute Gasteiger partial charge is 0.507 e. The zero-order valence-electron chi connectivity index (χ0n) is 11.0. The van der Waals surface area contributed by atoms with Gasteiger partial charge in [0.15, 0.2) is 6.29 Å². The number of benzene rings is 2. The van der Waals surface area contributed by atoms with E-state index in [2.05, 4.69) is 0 Å². The lowest BCUT2D eigenvalue weighted by molar-refractivity contribution is 0.0695. The van der Waals surface area contributed by atoms with Crippen LogP contribution in [0.5, 0.6) is 17.2 Å². The summed E-state index contributed by atoms with van der Waals surface area (Å²) in [5.41, 5.74) is -1.55. The first-order valence-corrected chi connectivity index (χ1v) is 5.98. The topological polar surface area (TPSA) is 132 Å². The van der Waals surface area contributed by atoms with Gasteiger partial charge in [0.2, 0.25) is 5.78 Å². The van der Waals surface area contributed by atoms with Crippen molar-refractivity contribution in [3.05, 3.63) is 52.6 Å². The normalized spacial score (nSPS) is 10.2. The molecule has 22 heavy (non-hydrogen) atoms. The molecule has 2 aromatic carbocycles. The number of aromatic hydroxyl groups is 3. The highest BCUT2D eigenvalue weighted by molar-refractivity contribution is 6.17.